The van der Waals surface area contributed by atoms with E-state index in [2.05, 4.69) is 10.1 Å². The predicted molar refractivity (Wildman–Crippen MR) is 50.6 cm³/mol. The van der Waals surface area contributed by atoms with E-state index < -0.39 is 0 Å². The van der Waals surface area contributed by atoms with Gasteiger partial charge in [-0.2, -0.15) is 0 Å². The molecule has 0 aliphatic carbocycles. The van der Waals surface area contributed by atoms with Crippen LogP contribution in [0, 0.1) is 0 Å². The quantitative estimate of drug-likeness (QED) is 0.620. The Bertz CT molecular complexity index is 157. The maximum absolute atomic E-state index is 10.7. The zero-order chi connectivity index (χ0) is 10.3. The van der Waals surface area contributed by atoms with Crippen LogP contribution < -0.4 is 5.32 Å². The number of carbonyl (C=O) groups is 1. The van der Waals surface area contributed by atoms with Crippen molar-refractivity contribution in [3.63, 3.8) is 0 Å². The largest absolute Gasteiger partial charge is 0.468 e. The first-order valence-corrected chi connectivity index (χ1v) is 4.43. The minimum Gasteiger partial charge on any atom is -0.468 e. The first kappa shape index (κ1) is 12.4. The molecule has 0 aromatic rings. The molecule has 4 heteroatoms. The van der Waals surface area contributed by atoms with Crippen molar-refractivity contribution in [3.8, 4) is 0 Å². The average Bonchev–Trinajstić information content (AvgIpc) is 2.03. The summed E-state index contributed by atoms with van der Waals surface area (Å²) < 4.78 is 9.91. The van der Waals surface area contributed by atoms with Crippen LogP contribution in [0.25, 0.3) is 0 Å². The third kappa shape index (κ3) is 6.54. The van der Waals surface area contributed by atoms with Gasteiger partial charge in [-0.25, -0.2) is 0 Å². The van der Waals surface area contributed by atoms with E-state index in [1.807, 2.05) is 20.8 Å². The Morgan fingerprint density at radius 3 is 2.54 bits per heavy atom. The van der Waals surface area contributed by atoms with Gasteiger partial charge in [0.05, 0.1) is 19.3 Å². The third-order valence-electron chi connectivity index (χ3n) is 1.58. The molecule has 0 spiro atoms. The number of esters is 1. The highest BCUT2D eigenvalue weighted by atomic mass is 16.5. The molecule has 13 heavy (non-hydrogen) atoms. The zero-order valence-electron chi connectivity index (χ0n) is 8.85. The first-order chi connectivity index (χ1) is 6.02. The van der Waals surface area contributed by atoms with E-state index in [9.17, 15) is 4.79 Å². The van der Waals surface area contributed by atoms with Gasteiger partial charge in [-0.1, -0.05) is 0 Å². The van der Waals surface area contributed by atoms with Gasteiger partial charge in [-0.15, -0.1) is 0 Å². The summed E-state index contributed by atoms with van der Waals surface area (Å²) in [7, 11) is 1.37. The molecule has 0 radical (unpaired) electrons. The molecule has 0 aliphatic rings. The van der Waals surface area contributed by atoms with Crippen LogP contribution in [0.15, 0.2) is 0 Å². The van der Waals surface area contributed by atoms with E-state index in [4.69, 9.17) is 4.74 Å². The summed E-state index contributed by atoms with van der Waals surface area (Å²) in [6, 6.07) is 0. The van der Waals surface area contributed by atoms with Crippen molar-refractivity contribution in [3.05, 3.63) is 0 Å². The summed E-state index contributed by atoms with van der Waals surface area (Å²) in [6.07, 6.45) is 0. The van der Waals surface area contributed by atoms with E-state index >= 15 is 0 Å². The lowest BCUT2D eigenvalue weighted by Crippen LogP contribution is -2.39. The number of ether oxygens (including phenoxy) is 2. The van der Waals surface area contributed by atoms with Crippen molar-refractivity contribution in [1.29, 1.82) is 0 Å². The Balaban J connectivity index is 3.56. The molecule has 0 amide bonds. The molecule has 1 N–H and O–H groups in total. The van der Waals surface area contributed by atoms with Gasteiger partial charge in [0.15, 0.2) is 0 Å². The van der Waals surface area contributed by atoms with Crippen LogP contribution >= 0.6 is 0 Å². The summed E-state index contributed by atoms with van der Waals surface area (Å²) >= 11 is 0. The summed E-state index contributed by atoms with van der Waals surface area (Å²) in [4.78, 5) is 10.7. The van der Waals surface area contributed by atoms with E-state index in [1.54, 1.807) is 0 Å². The molecule has 0 saturated carbocycles. The maximum Gasteiger partial charge on any atom is 0.319 e. The van der Waals surface area contributed by atoms with Crippen molar-refractivity contribution in [1.82, 2.24) is 5.32 Å². The van der Waals surface area contributed by atoms with Crippen LogP contribution in [-0.2, 0) is 14.3 Å². The van der Waals surface area contributed by atoms with Crippen LogP contribution in [0.3, 0.4) is 0 Å². The van der Waals surface area contributed by atoms with Crippen molar-refractivity contribution in [2.75, 3.05) is 26.8 Å². The molecule has 0 aliphatic heterocycles. The number of rotatable bonds is 6. The molecule has 0 saturated heterocycles. The highest BCUT2D eigenvalue weighted by Gasteiger charge is 2.17. The second-order valence-corrected chi connectivity index (χ2v) is 3.37. The summed E-state index contributed by atoms with van der Waals surface area (Å²) in [5.41, 5.74) is -0.233. The van der Waals surface area contributed by atoms with Crippen molar-refractivity contribution in [2.45, 2.75) is 26.4 Å². The minimum atomic E-state index is -0.257. The third-order valence-corrected chi connectivity index (χ3v) is 1.58. The van der Waals surface area contributed by atoms with E-state index in [0.29, 0.717) is 13.2 Å². The van der Waals surface area contributed by atoms with Gasteiger partial charge in [-0.05, 0) is 20.8 Å². The first-order valence-electron chi connectivity index (χ1n) is 4.43. The lowest BCUT2D eigenvalue weighted by Gasteiger charge is -2.24. The summed E-state index contributed by atoms with van der Waals surface area (Å²) in [5, 5.41) is 2.96. The Labute approximate surface area is 79.6 Å². The Kier molecular flexibility index (Phi) is 5.66. The standard InChI is InChI=1S/C9H19NO3/c1-5-13-9(2,3)7-10-6-8(11)12-4/h10H,5-7H2,1-4H3. The van der Waals surface area contributed by atoms with Gasteiger partial charge >= 0.3 is 5.97 Å². The fraction of sp³-hybridized carbons (Fsp3) is 0.889. The highest BCUT2D eigenvalue weighted by Crippen LogP contribution is 2.06. The van der Waals surface area contributed by atoms with Crippen molar-refractivity contribution in [2.24, 2.45) is 0 Å². The van der Waals surface area contributed by atoms with Crippen LogP contribution in [-0.4, -0.2) is 38.4 Å². The molecular weight excluding hydrogens is 170 g/mol. The summed E-state index contributed by atoms with van der Waals surface area (Å²) in [6.45, 7) is 7.43. The smallest absolute Gasteiger partial charge is 0.319 e. The Morgan fingerprint density at radius 2 is 2.08 bits per heavy atom. The molecule has 0 fully saturated rings. The molecule has 0 rings (SSSR count). The van der Waals surface area contributed by atoms with E-state index in [-0.39, 0.29) is 18.1 Å². The van der Waals surface area contributed by atoms with E-state index in [1.165, 1.54) is 7.11 Å². The number of hydrogen-bond acceptors (Lipinski definition) is 4. The predicted octanol–water partition coefficient (Wildman–Crippen LogP) is 0.564. The van der Waals surface area contributed by atoms with E-state index in [0.717, 1.165) is 0 Å². The van der Waals surface area contributed by atoms with Crippen LogP contribution in [0.2, 0.25) is 0 Å². The van der Waals surface area contributed by atoms with Crippen molar-refractivity contribution >= 4 is 5.97 Å². The van der Waals surface area contributed by atoms with Gasteiger partial charge < -0.3 is 14.8 Å². The molecule has 0 aromatic carbocycles. The SMILES string of the molecule is CCOC(C)(C)CNCC(=O)OC. The van der Waals surface area contributed by atoms with Crippen LogP contribution in [0.1, 0.15) is 20.8 Å². The number of methoxy groups -OCH3 is 1. The van der Waals surface area contributed by atoms with Crippen LogP contribution in [0.5, 0.6) is 0 Å². The highest BCUT2D eigenvalue weighted by molar-refractivity contribution is 5.71. The molecular formula is C9H19NO3. The van der Waals surface area contributed by atoms with Gasteiger partial charge in [-0.3, -0.25) is 4.79 Å². The molecule has 0 atom stereocenters. The van der Waals surface area contributed by atoms with Crippen LogP contribution in [0.4, 0.5) is 0 Å². The van der Waals surface area contributed by atoms with Crippen molar-refractivity contribution < 1.29 is 14.3 Å². The minimum absolute atomic E-state index is 0.229. The fourth-order valence-electron chi connectivity index (χ4n) is 0.980. The number of carbonyl (C=O) groups excluding carboxylic acids is 1. The summed E-state index contributed by atoms with van der Waals surface area (Å²) in [5.74, 6) is -0.257. The molecule has 0 unspecified atom stereocenters. The molecule has 0 heterocycles. The molecule has 4 nitrogen and oxygen atoms in total. The Hall–Kier alpha value is -0.610. The second-order valence-electron chi connectivity index (χ2n) is 3.37. The molecule has 0 bridgehead atoms. The van der Waals surface area contributed by atoms with Gasteiger partial charge in [0.25, 0.3) is 0 Å². The molecule has 0 aromatic heterocycles. The van der Waals surface area contributed by atoms with Gasteiger partial charge in [0.2, 0.25) is 0 Å². The van der Waals surface area contributed by atoms with Gasteiger partial charge in [0.1, 0.15) is 0 Å². The lowest BCUT2D eigenvalue weighted by molar-refractivity contribution is -0.139. The topological polar surface area (TPSA) is 47.6 Å². The lowest BCUT2D eigenvalue weighted by atomic mass is 10.1. The molecule has 78 valence electrons. The van der Waals surface area contributed by atoms with Gasteiger partial charge in [0, 0.05) is 13.2 Å². The Morgan fingerprint density at radius 1 is 1.46 bits per heavy atom. The average molecular weight is 189 g/mol. The number of nitrogens with one attached hydrogen (secondary N) is 1. The zero-order valence-corrected chi connectivity index (χ0v) is 8.85. The normalized spacial score (nSPS) is 11.4. The maximum atomic E-state index is 10.7. The number of hydrogen-bond donors (Lipinski definition) is 1. The second kappa shape index (κ2) is 5.94. The monoisotopic (exact) mass is 189 g/mol. The fourth-order valence-corrected chi connectivity index (χ4v) is 0.980.